The molecule has 3 aliphatic rings. The molecule has 116 valence electrons. The van der Waals surface area contributed by atoms with Crippen molar-refractivity contribution in [2.75, 3.05) is 13.2 Å². The number of esters is 1. The van der Waals surface area contributed by atoms with Crippen molar-refractivity contribution in [3.05, 3.63) is 12.2 Å². The van der Waals surface area contributed by atoms with Crippen LogP contribution in [0.1, 0.15) is 14.4 Å². The first-order valence-corrected chi connectivity index (χ1v) is 6.94. The number of likely N-dealkylation sites (tertiary alicyclic amines) is 1. The van der Waals surface area contributed by atoms with Crippen molar-refractivity contribution in [3.63, 3.8) is 0 Å². The summed E-state index contributed by atoms with van der Waals surface area (Å²) in [7, 11) is 0. The average Bonchev–Trinajstić information content (AvgIpc) is 3.07. The largest absolute Gasteiger partial charge is 0.463 e. The van der Waals surface area contributed by atoms with Gasteiger partial charge in [-0.15, -0.1) is 11.6 Å². The van der Waals surface area contributed by atoms with Gasteiger partial charge in [-0.25, -0.2) is 0 Å². The molecule has 5 unspecified atom stereocenters. The van der Waals surface area contributed by atoms with Crippen LogP contribution in [0.5, 0.6) is 0 Å². The van der Waals surface area contributed by atoms with Gasteiger partial charge in [0.05, 0.1) is 30.6 Å². The van der Waals surface area contributed by atoms with Crippen molar-refractivity contribution < 1.29 is 23.9 Å². The van der Waals surface area contributed by atoms with Crippen LogP contribution in [0.25, 0.3) is 0 Å². The number of halogens is 1. The molecule has 0 saturated carbocycles. The number of alkyl halides is 1. The van der Waals surface area contributed by atoms with Crippen LogP contribution in [-0.2, 0) is 23.9 Å². The molecule has 2 bridgehead atoms. The molecule has 3 heterocycles. The summed E-state index contributed by atoms with van der Waals surface area (Å²) in [6.45, 7) is 1.54. The first kappa shape index (κ1) is 16.0. The van der Waals surface area contributed by atoms with Gasteiger partial charge in [0, 0.05) is 0 Å². The third-order valence-corrected chi connectivity index (χ3v) is 4.06. The van der Waals surface area contributed by atoms with Crippen LogP contribution in [0.3, 0.4) is 0 Å². The van der Waals surface area contributed by atoms with Gasteiger partial charge in [0.25, 0.3) is 0 Å². The highest BCUT2D eigenvalue weighted by atomic mass is 35.5. The number of nitrogens with zero attached hydrogens (tertiary/aromatic N) is 1. The zero-order valence-electron chi connectivity index (χ0n) is 10.8. The van der Waals surface area contributed by atoms with Crippen LogP contribution >= 0.6 is 11.6 Å². The minimum Gasteiger partial charge on any atom is -0.463 e. The summed E-state index contributed by atoms with van der Waals surface area (Å²) in [5.41, 5.74) is 0. The van der Waals surface area contributed by atoms with E-state index in [1.807, 2.05) is 12.2 Å². The van der Waals surface area contributed by atoms with Crippen LogP contribution in [0, 0.1) is 11.8 Å². The molecular formula is C14H18ClNO5. The van der Waals surface area contributed by atoms with Gasteiger partial charge in [-0.05, 0) is 6.92 Å². The molecule has 3 rings (SSSR count). The summed E-state index contributed by atoms with van der Waals surface area (Å²) >= 11 is 5.56. The van der Waals surface area contributed by atoms with Crippen molar-refractivity contribution >= 4 is 29.4 Å². The Kier molecular flexibility index (Phi) is 4.39. The number of hydrogen-bond donors (Lipinski definition) is 0. The van der Waals surface area contributed by atoms with Gasteiger partial charge in [0.1, 0.15) is 12.0 Å². The second-order valence-corrected chi connectivity index (χ2v) is 5.77. The fraction of sp³-hybridized carbons (Fsp3) is 0.643. The predicted molar refractivity (Wildman–Crippen MR) is 74.5 cm³/mol. The van der Waals surface area contributed by atoms with E-state index in [9.17, 15) is 14.4 Å². The van der Waals surface area contributed by atoms with Gasteiger partial charge in [-0.2, -0.15) is 0 Å². The normalized spacial score (nSPS) is 33.9. The van der Waals surface area contributed by atoms with E-state index in [0.717, 1.165) is 4.90 Å². The number of hydrogen-bond acceptors (Lipinski definition) is 5. The fourth-order valence-electron chi connectivity index (χ4n) is 2.94. The number of fused-ring (bicyclic) bond motifs is 5. The Hall–Kier alpha value is -1.40. The van der Waals surface area contributed by atoms with Gasteiger partial charge in [0.15, 0.2) is 0 Å². The minimum absolute atomic E-state index is 0. The highest BCUT2D eigenvalue weighted by Crippen LogP contribution is 2.44. The van der Waals surface area contributed by atoms with Gasteiger partial charge in [-0.1, -0.05) is 19.6 Å². The molecule has 2 saturated heterocycles. The fourth-order valence-corrected chi connectivity index (χ4v) is 3.00. The maximum Gasteiger partial charge on any atom is 0.323 e. The number of rotatable bonds is 4. The zero-order valence-corrected chi connectivity index (χ0v) is 11.6. The van der Waals surface area contributed by atoms with Crippen LogP contribution in [0.2, 0.25) is 0 Å². The molecule has 0 N–H and O–H groups in total. The van der Waals surface area contributed by atoms with Crippen molar-refractivity contribution in [2.45, 2.75) is 31.9 Å². The van der Waals surface area contributed by atoms with E-state index in [0.29, 0.717) is 0 Å². The molecule has 0 aromatic rings. The van der Waals surface area contributed by atoms with E-state index in [-0.39, 0.29) is 44.6 Å². The number of imide groups is 1. The van der Waals surface area contributed by atoms with E-state index in [1.54, 1.807) is 0 Å². The molecule has 7 heteroatoms. The van der Waals surface area contributed by atoms with E-state index in [2.05, 4.69) is 0 Å². The lowest BCUT2D eigenvalue weighted by atomic mass is 9.85. The quantitative estimate of drug-likeness (QED) is 0.331. The predicted octanol–water partition coefficient (Wildman–Crippen LogP) is 0.731. The molecule has 0 aromatic carbocycles. The topological polar surface area (TPSA) is 72.9 Å². The maximum atomic E-state index is 12.2. The summed E-state index contributed by atoms with van der Waals surface area (Å²) in [5.74, 6) is -1.88. The van der Waals surface area contributed by atoms with Gasteiger partial charge in [-0.3, -0.25) is 19.3 Å². The molecule has 3 aliphatic heterocycles. The monoisotopic (exact) mass is 315 g/mol. The molecular weight excluding hydrogens is 298 g/mol. The molecule has 0 spiro atoms. The SMILES string of the molecule is C.CC(Cl)C(=O)OCCN1C(=O)C2C3C=CC(O3)C2C1=O. The highest BCUT2D eigenvalue weighted by Gasteiger charge is 2.60. The molecule has 0 radical (unpaired) electrons. The third kappa shape index (κ3) is 2.46. The lowest BCUT2D eigenvalue weighted by Gasteiger charge is -2.17. The Balaban J connectivity index is 0.00000161. The lowest BCUT2D eigenvalue weighted by Crippen LogP contribution is -2.37. The van der Waals surface area contributed by atoms with Gasteiger partial charge in [0.2, 0.25) is 11.8 Å². The molecule has 21 heavy (non-hydrogen) atoms. The second-order valence-electron chi connectivity index (χ2n) is 5.11. The first-order chi connectivity index (χ1) is 9.50. The average molecular weight is 316 g/mol. The Morgan fingerprint density at radius 3 is 2.33 bits per heavy atom. The van der Waals surface area contributed by atoms with Crippen molar-refractivity contribution in [1.82, 2.24) is 4.90 Å². The summed E-state index contributed by atoms with van der Waals surface area (Å²) < 4.78 is 10.4. The molecule has 5 atom stereocenters. The standard InChI is InChI=1S/C13H14ClNO5.CH4/c1-6(14)13(18)19-5-4-15-11(16)9-7-2-3-8(20-7)10(9)12(15)17;/h2-3,6-10H,4-5H2,1H3;1H4. The third-order valence-electron chi connectivity index (χ3n) is 3.89. The maximum absolute atomic E-state index is 12.2. The minimum atomic E-state index is -0.743. The Labute approximate surface area is 128 Å². The molecule has 0 aromatic heterocycles. The number of carbonyl (C=O) groups is 3. The molecule has 6 nitrogen and oxygen atoms in total. The van der Waals surface area contributed by atoms with E-state index < -0.39 is 23.2 Å². The highest BCUT2D eigenvalue weighted by molar-refractivity contribution is 6.29. The zero-order chi connectivity index (χ0) is 14.4. The summed E-state index contributed by atoms with van der Waals surface area (Å²) in [5, 5.41) is -0.743. The van der Waals surface area contributed by atoms with Crippen LogP contribution in [0.15, 0.2) is 12.2 Å². The van der Waals surface area contributed by atoms with E-state index >= 15 is 0 Å². The van der Waals surface area contributed by atoms with E-state index in [4.69, 9.17) is 21.1 Å². The number of amides is 2. The van der Waals surface area contributed by atoms with Crippen LogP contribution in [-0.4, -0.2) is 53.4 Å². The Morgan fingerprint density at radius 2 is 1.86 bits per heavy atom. The summed E-state index contributed by atoms with van der Waals surface area (Å²) in [6, 6.07) is 0. The van der Waals surface area contributed by atoms with E-state index in [1.165, 1.54) is 6.92 Å². The lowest BCUT2D eigenvalue weighted by molar-refractivity contribution is -0.149. The second kappa shape index (κ2) is 5.77. The Morgan fingerprint density at radius 1 is 1.33 bits per heavy atom. The molecule has 2 amide bonds. The number of carbonyl (C=O) groups excluding carboxylic acids is 3. The van der Waals surface area contributed by atoms with Gasteiger partial charge >= 0.3 is 5.97 Å². The first-order valence-electron chi connectivity index (χ1n) is 6.50. The number of ether oxygens (including phenoxy) is 2. The van der Waals surface area contributed by atoms with Crippen molar-refractivity contribution in [2.24, 2.45) is 11.8 Å². The summed E-state index contributed by atoms with van der Waals surface area (Å²) in [6.07, 6.45) is 3.07. The van der Waals surface area contributed by atoms with Gasteiger partial charge < -0.3 is 9.47 Å². The molecule has 2 fully saturated rings. The van der Waals surface area contributed by atoms with Crippen molar-refractivity contribution in [3.8, 4) is 0 Å². The van der Waals surface area contributed by atoms with Crippen LogP contribution < -0.4 is 0 Å². The molecule has 0 aliphatic carbocycles. The summed E-state index contributed by atoms with van der Waals surface area (Å²) in [4.78, 5) is 36.8. The Bertz CT molecular complexity index is 474. The smallest absolute Gasteiger partial charge is 0.323 e. The van der Waals surface area contributed by atoms with Crippen LogP contribution in [0.4, 0.5) is 0 Å². The van der Waals surface area contributed by atoms with Crippen molar-refractivity contribution in [1.29, 1.82) is 0 Å².